The first kappa shape index (κ1) is 12.0. The van der Waals surface area contributed by atoms with Crippen LogP contribution in [0.15, 0.2) is 41.1 Å². The summed E-state index contributed by atoms with van der Waals surface area (Å²) in [5, 5.41) is 10.3. The van der Waals surface area contributed by atoms with Crippen molar-refractivity contribution in [1.29, 1.82) is 0 Å². The molecule has 0 radical (unpaired) electrons. The summed E-state index contributed by atoms with van der Waals surface area (Å²) in [5.41, 5.74) is 0.995. The fourth-order valence-electron chi connectivity index (χ4n) is 1.73. The standard InChI is InChI=1S/C13H7BrFN3O/c14-9-4-8-11(5-10(9)15)17-12(18-13(8)19)7-2-1-3-16-6-7/h1-6H,(H,17,18,19). The molecule has 0 amide bonds. The second-order valence-electron chi connectivity index (χ2n) is 3.90. The first-order chi connectivity index (χ1) is 9.15. The van der Waals surface area contributed by atoms with Crippen LogP contribution in [0, 0.1) is 5.82 Å². The van der Waals surface area contributed by atoms with E-state index < -0.39 is 5.82 Å². The number of hydrogen-bond donors (Lipinski definition) is 1. The summed E-state index contributed by atoms with van der Waals surface area (Å²) in [6.07, 6.45) is 3.21. The molecular weight excluding hydrogens is 313 g/mol. The molecule has 0 fully saturated rings. The monoisotopic (exact) mass is 319 g/mol. The van der Waals surface area contributed by atoms with E-state index in [0.29, 0.717) is 22.3 Å². The van der Waals surface area contributed by atoms with Gasteiger partial charge in [0.15, 0.2) is 5.82 Å². The Bertz CT molecular complexity index is 765. The summed E-state index contributed by atoms with van der Waals surface area (Å²) in [7, 11) is 0. The van der Waals surface area contributed by atoms with Crippen LogP contribution in [0.5, 0.6) is 5.88 Å². The van der Waals surface area contributed by atoms with E-state index >= 15 is 0 Å². The van der Waals surface area contributed by atoms with Crippen molar-refractivity contribution >= 4 is 26.8 Å². The molecule has 19 heavy (non-hydrogen) atoms. The Balaban J connectivity index is 2.28. The van der Waals surface area contributed by atoms with Gasteiger partial charge in [-0.25, -0.2) is 9.37 Å². The number of benzene rings is 1. The Kier molecular flexibility index (Phi) is 2.87. The van der Waals surface area contributed by atoms with Crippen molar-refractivity contribution in [3.8, 4) is 17.3 Å². The molecule has 0 bridgehead atoms. The Morgan fingerprint density at radius 3 is 2.79 bits per heavy atom. The molecule has 1 N–H and O–H groups in total. The van der Waals surface area contributed by atoms with Crippen LogP contribution in [0.25, 0.3) is 22.3 Å². The molecule has 0 saturated heterocycles. The van der Waals surface area contributed by atoms with E-state index in [4.69, 9.17) is 0 Å². The van der Waals surface area contributed by atoms with Gasteiger partial charge in [0.25, 0.3) is 0 Å². The second-order valence-corrected chi connectivity index (χ2v) is 4.75. The summed E-state index contributed by atoms with van der Waals surface area (Å²) in [5.74, 6) is -0.327. The molecule has 0 spiro atoms. The number of pyridine rings is 1. The van der Waals surface area contributed by atoms with E-state index in [9.17, 15) is 9.50 Å². The molecule has 6 heteroatoms. The van der Waals surface area contributed by atoms with E-state index in [1.54, 1.807) is 24.5 Å². The van der Waals surface area contributed by atoms with E-state index in [2.05, 4.69) is 30.9 Å². The highest BCUT2D eigenvalue weighted by Gasteiger charge is 2.11. The van der Waals surface area contributed by atoms with Gasteiger partial charge in [0.2, 0.25) is 5.88 Å². The zero-order valence-electron chi connectivity index (χ0n) is 9.51. The van der Waals surface area contributed by atoms with Crippen LogP contribution < -0.4 is 0 Å². The third-order valence-electron chi connectivity index (χ3n) is 2.64. The maximum absolute atomic E-state index is 13.5. The first-order valence-electron chi connectivity index (χ1n) is 5.41. The van der Waals surface area contributed by atoms with Crippen molar-refractivity contribution in [1.82, 2.24) is 15.0 Å². The summed E-state index contributed by atoms with van der Waals surface area (Å²) in [6, 6.07) is 6.21. The number of fused-ring (bicyclic) bond motifs is 1. The van der Waals surface area contributed by atoms with Crippen LogP contribution in [0.2, 0.25) is 0 Å². The molecule has 0 aliphatic rings. The number of halogens is 2. The molecule has 2 heterocycles. The Labute approximate surface area is 116 Å². The summed E-state index contributed by atoms with van der Waals surface area (Å²) in [4.78, 5) is 12.2. The normalized spacial score (nSPS) is 10.8. The molecule has 94 valence electrons. The van der Waals surface area contributed by atoms with E-state index in [1.807, 2.05) is 0 Å². The summed E-state index contributed by atoms with van der Waals surface area (Å²) in [6.45, 7) is 0. The molecule has 3 rings (SSSR count). The van der Waals surface area contributed by atoms with Crippen LogP contribution in [0.3, 0.4) is 0 Å². The van der Waals surface area contributed by atoms with E-state index in [1.165, 1.54) is 12.1 Å². The molecule has 2 aromatic heterocycles. The van der Waals surface area contributed by atoms with E-state index in [-0.39, 0.29) is 10.4 Å². The summed E-state index contributed by atoms with van der Waals surface area (Å²) < 4.78 is 13.8. The minimum atomic E-state index is -0.442. The van der Waals surface area contributed by atoms with Gasteiger partial charge >= 0.3 is 0 Å². The minimum Gasteiger partial charge on any atom is -0.493 e. The average molecular weight is 320 g/mol. The number of hydrogen-bond acceptors (Lipinski definition) is 4. The van der Waals surface area contributed by atoms with Crippen LogP contribution in [0.4, 0.5) is 4.39 Å². The lowest BCUT2D eigenvalue weighted by molar-refractivity contribution is 0.460. The predicted octanol–water partition coefficient (Wildman–Crippen LogP) is 3.30. The second kappa shape index (κ2) is 4.55. The SMILES string of the molecule is Oc1nc(-c2cccnc2)nc2cc(F)c(Br)cc12. The Hall–Kier alpha value is -2.08. The van der Waals surface area contributed by atoms with Gasteiger partial charge in [0.05, 0.1) is 15.4 Å². The number of nitrogens with zero attached hydrogens (tertiary/aromatic N) is 3. The van der Waals surface area contributed by atoms with Crippen molar-refractivity contribution in [2.75, 3.05) is 0 Å². The van der Waals surface area contributed by atoms with Gasteiger partial charge in [0, 0.05) is 24.0 Å². The van der Waals surface area contributed by atoms with Gasteiger partial charge in [-0.15, -0.1) is 0 Å². The third-order valence-corrected chi connectivity index (χ3v) is 3.25. The lowest BCUT2D eigenvalue weighted by atomic mass is 10.2. The zero-order chi connectivity index (χ0) is 13.4. The van der Waals surface area contributed by atoms with Gasteiger partial charge < -0.3 is 5.11 Å². The van der Waals surface area contributed by atoms with Crippen LogP contribution in [0.1, 0.15) is 0 Å². The van der Waals surface area contributed by atoms with Gasteiger partial charge in [-0.05, 0) is 34.1 Å². The van der Waals surface area contributed by atoms with Gasteiger partial charge in [-0.2, -0.15) is 4.98 Å². The molecule has 0 aliphatic heterocycles. The lowest BCUT2D eigenvalue weighted by Gasteiger charge is -2.05. The largest absolute Gasteiger partial charge is 0.493 e. The fraction of sp³-hybridized carbons (Fsp3) is 0. The van der Waals surface area contributed by atoms with Crippen LogP contribution in [-0.4, -0.2) is 20.1 Å². The van der Waals surface area contributed by atoms with Crippen molar-refractivity contribution in [2.45, 2.75) is 0 Å². The van der Waals surface area contributed by atoms with Crippen LogP contribution >= 0.6 is 15.9 Å². The highest BCUT2D eigenvalue weighted by atomic mass is 79.9. The quantitative estimate of drug-likeness (QED) is 0.747. The molecule has 3 aromatic rings. The average Bonchev–Trinajstić information content (AvgIpc) is 2.42. The highest BCUT2D eigenvalue weighted by molar-refractivity contribution is 9.10. The van der Waals surface area contributed by atoms with Crippen molar-refractivity contribution in [2.24, 2.45) is 0 Å². The van der Waals surface area contributed by atoms with Gasteiger partial charge in [-0.1, -0.05) is 0 Å². The highest BCUT2D eigenvalue weighted by Crippen LogP contribution is 2.29. The number of rotatable bonds is 1. The smallest absolute Gasteiger partial charge is 0.222 e. The Morgan fingerprint density at radius 1 is 1.21 bits per heavy atom. The lowest BCUT2D eigenvalue weighted by Crippen LogP contribution is -1.93. The van der Waals surface area contributed by atoms with Crippen molar-refractivity contribution in [3.63, 3.8) is 0 Å². The molecular formula is C13H7BrFN3O. The minimum absolute atomic E-state index is 0.190. The van der Waals surface area contributed by atoms with E-state index in [0.717, 1.165) is 0 Å². The molecule has 4 nitrogen and oxygen atoms in total. The first-order valence-corrected chi connectivity index (χ1v) is 6.20. The van der Waals surface area contributed by atoms with Gasteiger partial charge in [-0.3, -0.25) is 4.98 Å². The van der Waals surface area contributed by atoms with Crippen molar-refractivity contribution in [3.05, 3.63) is 46.9 Å². The molecule has 0 saturated carbocycles. The fourth-order valence-corrected chi connectivity index (χ4v) is 2.08. The molecule has 0 aliphatic carbocycles. The third kappa shape index (κ3) is 2.15. The summed E-state index contributed by atoms with van der Waals surface area (Å²) >= 11 is 3.06. The van der Waals surface area contributed by atoms with Crippen molar-refractivity contribution < 1.29 is 9.50 Å². The molecule has 0 unspecified atom stereocenters. The van der Waals surface area contributed by atoms with Gasteiger partial charge in [0.1, 0.15) is 5.82 Å². The maximum atomic E-state index is 13.5. The zero-order valence-corrected chi connectivity index (χ0v) is 11.1. The molecule has 0 atom stereocenters. The molecule has 1 aromatic carbocycles. The van der Waals surface area contributed by atoms with Crippen LogP contribution in [-0.2, 0) is 0 Å². The number of aromatic nitrogens is 3. The Morgan fingerprint density at radius 2 is 2.05 bits per heavy atom. The predicted molar refractivity (Wildman–Crippen MR) is 72.1 cm³/mol. The number of aromatic hydroxyl groups is 1. The topological polar surface area (TPSA) is 58.9 Å². The maximum Gasteiger partial charge on any atom is 0.222 e.